The highest BCUT2D eigenvalue weighted by atomic mass is 19.2. The van der Waals surface area contributed by atoms with E-state index in [0.717, 1.165) is 24.3 Å². The number of rotatable bonds is 8. The molecule has 0 amide bonds. The Labute approximate surface area is 166 Å². The first kappa shape index (κ1) is 20.7. The topological polar surface area (TPSA) is 0 Å². The maximum atomic E-state index is 13.4. The normalized spacial score (nSPS) is 20.0. The summed E-state index contributed by atoms with van der Waals surface area (Å²) in [4.78, 5) is 0. The number of allylic oxidation sites excluding steroid dienone is 1. The van der Waals surface area contributed by atoms with Crippen LogP contribution in [0.1, 0.15) is 69.3 Å². The van der Waals surface area contributed by atoms with E-state index >= 15 is 0 Å². The summed E-state index contributed by atoms with van der Waals surface area (Å²) in [7, 11) is 0. The molecule has 2 aromatic rings. The molecule has 3 rings (SSSR count). The van der Waals surface area contributed by atoms with Crippen LogP contribution >= 0.6 is 0 Å². The number of hydrogen-bond donors (Lipinski definition) is 0. The van der Waals surface area contributed by atoms with Gasteiger partial charge in [0, 0.05) is 0 Å². The number of hydrogen-bond acceptors (Lipinski definition) is 0. The third-order valence-electron chi connectivity index (χ3n) is 6.05. The lowest BCUT2D eigenvalue weighted by Crippen LogP contribution is -2.13. The van der Waals surface area contributed by atoms with Gasteiger partial charge in [0.25, 0.3) is 0 Å². The van der Waals surface area contributed by atoms with Gasteiger partial charge in [-0.2, -0.15) is 0 Å². The maximum Gasteiger partial charge on any atom is 0.159 e. The highest BCUT2D eigenvalue weighted by Gasteiger charge is 2.22. The Bertz CT molecular complexity index is 756. The maximum absolute atomic E-state index is 13.4. The molecular weight excluding hydrogens is 357 g/mol. The van der Waals surface area contributed by atoms with E-state index < -0.39 is 11.6 Å². The quantitative estimate of drug-likeness (QED) is 0.400. The van der Waals surface area contributed by atoms with Gasteiger partial charge in [-0.25, -0.2) is 13.2 Å². The van der Waals surface area contributed by atoms with Gasteiger partial charge in [0.05, 0.1) is 6.33 Å². The molecule has 2 aromatic carbocycles. The molecule has 0 aliphatic heterocycles. The Kier molecular flexibility index (Phi) is 7.76. The second kappa shape index (κ2) is 10.5. The Morgan fingerprint density at radius 2 is 1.50 bits per heavy atom. The molecule has 1 fully saturated rings. The molecule has 1 aliphatic rings. The van der Waals surface area contributed by atoms with E-state index in [9.17, 15) is 13.2 Å². The van der Waals surface area contributed by atoms with E-state index in [0.29, 0.717) is 17.8 Å². The monoisotopic (exact) mass is 386 g/mol. The van der Waals surface area contributed by atoms with Gasteiger partial charge in [0.2, 0.25) is 0 Å². The lowest BCUT2D eigenvalue weighted by molar-refractivity contribution is 0.302. The largest absolute Gasteiger partial charge is 0.216 e. The standard InChI is InChI=1S/C25H29F3/c26-17-5-3-1-2-4-6-19-7-9-20(10-8-19)21-11-13-22(14-12-21)23-15-16-24(27)25(28)18-23/h5,11-20H,1-4,6-10H2. The second-order valence-electron chi connectivity index (χ2n) is 7.97. The van der Waals surface area contributed by atoms with Crippen LogP contribution in [0.4, 0.5) is 13.2 Å². The van der Waals surface area contributed by atoms with E-state index in [1.807, 2.05) is 12.1 Å². The fraction of sp³-hybridized carbons (Fsp3) is 0.440. The van der Waals surface area contributed by atoms with Gasteiger partial charge in [-0.15, -0.1) is 0 Å². The average molecular weight is 387 g/mol. The van der Waals surface area contributed by atoms with Crippen molar-refractivity contribution in [3.8, 4) is 11.1 Å². The lowest BCUT2D eigenvalue weighted by atomic mass is 9.77. The van der Waals surface area contributed by atoms with Crippen molar-refractivity contribution in [2.45, 2.75) is 63.7 Å². The van der Waals surface area contributed by atoms with Crippen molar-refractivity contribution in [3.05, 3.63) is 72.1 Å². The minimum atomic E-state index is -0.811. The second-order valence-corrected chi connectivity index (χ2v) is 7.97. The van der Waals surface area contributed by atoms with E-state index in [-0.39, 0.29) is 0 Å². The smallest absolute Gasteiger partial charge is 0.159 e. The van der Waals surface area contributed by atoms with Gasteiger partial charge in [-0.1, -0.05) is 55.7 Å². The zero-order chi connectivity index (χ0) is 19.8. The highest BCUT2D eigenvalue weighted by molar-refractivity contribution is 5.63. The van der Waals surface area contributed by atoms with Crippen LogP contribution in [0.25, 0.3) is 11.1 Å². The van der Waals surface area contributed by atoms with E-state index in [1.165, 1.54) is 62.6 Å². The summed E-state index contributed by atoms with van der Waals surface area (Å²) in [6.07, 6.45) is 12.9. The van der Waals surface area contributed by atoms with E-state index in [2.05, 4.69) is 12.1 Å². The van der Waals surface area contributed by atoms with Crippen LogP contribution in [-0.2, 0) is 0 Å². The van der Waals surface area contributed by atoms with Gasteiger partial charge < -0.3 is 0 Å². The van der Waals surface area contributed by atoms with Crippen LogP contribution in [0.5, 0.6) is 0 Å². The molecular formula is C25H29F3. The van der Waals surface area contributed by atoms with Gasteiger partial charge >= 0.3 is 0 Å². The molecule has 0 spiro atoms. The van der Waals surface area contributed by atoms with Crippen LogP contribution in [0.2, 0.25) is 0 Å². The summed E-state index contributed by atoms with van der Waals surface area (Å²) in [5, 5.41) is 0. The average Bonchev–Trinajstić information content (AvgIpc) is 2.73. The molecule has 0 bridgehead atoms. The fourth-order valence-corrected chi connectivity index (χ4v) is 4.34. The van der Waals surface area contributed by atoms with Crippen molar-refractivity contribution >= 4 is 0 Å². The minimum Gasteiger partial charge on any atom is -0.216 e. The molecule has 0 nitrogen and oxygen atoms in total. The predicted molar refractivity (Wildman–Crippen MR) is 110 cm³/mol. The molecule has 3 heteroatoms. The molecule has 150 valence electrons. The first-order chi connectivity index (χ1) is 13.7. The first-order valence-corrected chi connectivity index (χ1v) is 10.5. The summed E-state index contributed by atoms with van der Waals surface area (Å²) in [5.74, 6) is -0.188. The van der Waals surface area contributed by atoms with E-state index in [4.69, 9.17) is 0 Å². The van der Waals surface area contributed by atoms with Gasteiger partial charge in [-0.3, -0.25) is 0 Å². The zero-order valence-corrected chi connectivity index (χ0v) is 16.3. The summed E-state index contributed by atoms with van der Waals surface area (Å²) >= 11 is 0. The van der Waals surface area contributed by atoms with Gasteiger partial charge in [-0.05, 0) is 79.2 Å². The minimum absolute atomic E-state index is 0.602. The van der Waals surface area contributed by atoms with Crippen molar-refractivity contribution in [2.75, 3.05) is 0 Å². The highest BCUT2D eigenvalue weighted by Crippen LogP contribution is 2.38. The SMILES string of the molecule is FC=CCCCCCC1CCC(c2ccc(-c3ccc(F)c(F)c3)cc2)CC1. The molecule has 0 aromatic heterocycles. The molecule has 1 saturated carbocycles. The van der Waals surface area contributed by atoms with Crippen molar-refractivity contribution in [2.24, 2.45) is 5.92 Å². The van der Waals surface area contributed by atoms with Crippen LogP contribution in [0, 0.1) is 17.6 Å². The molecule has 0 unspecified atom stereocenters. The van der Waals surface area contributed by atoms with Gasteiger partial charge in [0.15, 0.2) is 11.6 Å². The number of unbranched alkanes of at least 4 members (excludes halogenated alkanes) is 3. The Morgan fingerprint density at radius 3 is 2.18 bits per heavy atom. The third kappa shape index (κ3) is 5.73. The molecule has 0 radical (unpaired) electrons. The van der Waals surface area contributed by atoms with Crippen LogP contribution < -0.4 is 0 Å². The fourth-order valence-electron chi connectivity index (χ4n) is 4.34. The summed E-state index contributed by atoms with van der Waals surface area (Å²) < 4.78 is 38.5. The predicted octanol–water partition coefficient (Wildman–Crippen LogP) is 8.34. The van der Waals surface area contributed by atoms with Crippen LogP contribution in [-0.4, -0.2) is 0 Å². The molecule has 0 heterocycles. The van der Waals surface area contributed by atoms with Crippen molar-refractivity contribution in [1.82, 2.24) is 0 Å². The molecule has 0 saturated heterocycles. The van der Waals surface area contributed by atoms with Crippen molar-refractivity contribution in [3.63, 3.8) is 0 Å². The molecule has 28 heavy (non-hydrogen) atoms. The number of halogens is 3. The summed E-state index contributed by atoms with van der Waals surface area (Å²) in [6, 6.07) is 12.4. The lowest BCUT2D eigenvalue weighted by Gasteiger charge is -2.29. The Morgan fingerprint density at radius 1 is 0.786 bits per heavy atom. The van der Waals surface area contributed by atoms with Crippen molar-refractivity contribution in [1.29, 1.82) is 0 Å². The first-order valence-electron chi connectivity index (χ1n) is 10.5. The molecule has 1 aliphatic carbocycles. The summed E-state index contributed by atoms with van der Waals surface area (Å²) in [5.41, 5.74) is 2.97. The molecule has 0 N–H and O–H groups in total. The van der Waals surface area contributed by atoms with E-state index in [1.54, 1.807) is 12.1 Å². The van der Waals surface area contributed by atoms with Gasteiger partial charge in [0.1, 0.15) is 0 Å². The van der Waals surface area contributed by atoms with Crippen molar-refractivity contribution < 1.29 is 13.2 Å². The third-order valence-corrected chi connectivity index (χ3v) is 6.05. The summed E-state index contributed by atoms with van der Waals surface area (Å²) in [6.45, 7) is 0. The Balaban J connectivity index is 1.46. The molecule has 0 atom stereocenters. The zero-order valence-electron chi connectivity index (χ0n) is 16.3. The van der Waals surface area contributed by atoms with Crippen LogP contribution in [0.15, 0.2) is 54.9 Å². The van der Waals surface area contributed by atoms with Crippen LogP contribution in [0.3, 0.4) is 0 Å². The number of benzene rings is 2. The Hall–Kier alpha value is -2.03.